The first-order valence-electron chi connectivity index (χ1n) is 7.25. The molecule has 1 aromatic carbocycles. The predicted molar refractivity (Wildman–Crippen MR) is 85.7 cm³/mol. The second-order valence-corrected chi connectivity index (χ2v) is 6.04. The molecule has 0 bridgehead atoms. The number of nitrogens with one attached hydrogen (secondary N) is 2. The van der Waals surface area contributed by atoms with Gasteiger partial charge in [0.1, 0.15) is 11.9 Å². The van der Waals surface area contributed by atoms with Gasteiger partial charge in [-0.2, -0.15) is 0 Å². The molecular formula is C16H17FN2O2S. The lowest BCUT2D eigenvalue weighted by Crippen LogP contribution is -2.34. The van der Waals surface area contributed by atoms with Crippen LogP contribution in [0.4, 0.5) is 14.9 Å². The summed E-state index contributed by atoms with van der Waals surface area (Å²) in [5.74, 6) is -0.306. The van der Waals surface area contributed by atoms with Crippen molar-refractivity contribution in [1.29, 1.82) is 0 Å². The maximum absolute atomic E-state index is 13.9. The zero-order chi connectivity index (χ0) is 15.4. The molecule has 0 spiro atoms. The van der Waals surface area contributed by atoms with E-state index in [9.17, 15) is 9.18 Å². The van der Waals surface area contributed by atoms with Gasteiger partial charge in [-0.25, -0.2) is 9.18 Å². The lowest BCUT2D eigenvalue weighted by atomic mass is 10.1. The number of halogens is 1. The Balaban J connectivity index is 1.70. The van der Waals surface area contributed by atoms with Crippen LogP contribution in [0.2, 0.25) is 0 Å². The quantitative estimate of drug-likeness (QED) is 0.903. The summed E-state index contributed by atoms with van der Waals surface area (Å²) in [6, 6.07) is 8.28. The summed E-state index contributed by atoms with van der Waals surface area (Å²) in [5, 5.41) is 7.77. The Hall–Kier alpha value is -1.92. The summed E-state index contributed by atoms with van der Waals surface area (Å²) in [4.78, 5) is 12.7. The summed E-state index contributed by atoms with van der Waals surface area (Å²) < 4.78 is 19.3. The largest absolute Gasteiger partial charge is 0.446 e. The van der Waals surface area contributed by atoms with Gasteiger partial charge in [0.25, 0.3) is 0 Å². The number of hydrogen-bond acceptors (Lipinski definition) is 4. The van der Waals surface area contributed by atoms with E-state index in [0.717, 1.165) is 25.9 Å². The number of carbonyl (C=O) groups excluding carboxylic acids is 1. The molecule has 22 heavy (non-hydrogen) atoms. The number of anilines is 1. The van der Waals surface area contributed by atoms with Crippen LogP contribution in [-0.4, -0.2) is 25.3 Å². The minimum absolute atomic E-state index is 0.0585. The topological polar surface area (TPSA) is 50.4 Å². The molecule has 0 radical (unpaired) electrons. The first-order chi connectivity index (χ1) is 10.7. The molecule has 1 saturated heterocycles. The molecule has 0 saturated carbocycles. The molecule has 0 unspecified atom stereocenters. The zero-order valence-corrected chi connectivity index (χ0v) is 12.8. The Kier molecular flexibility index (Phi) is 4.70. The number of carbonyl (C=O) groups is 1. The molecule has 1 aliphatic rings. The maximum atomic E-state index is 13.9. The van der Waals surface area contributed by atoms with Gasteiger partial charge in [0.15, 0.2) is 0 Å². The Bertz CT molecular complexity index is 653. The monoisotopic (exact) mass is 320 g/mol. The Morgan fingerprint density at radius 3 is 2.82 bits per heavy atom. The Morgan fingerprint density at radius 1 is 1.27 bits per heavy atom. The van der Waals surface area contributed by atoms with E-state index >= 15 is 0 Å². The molecule has 1 aromatic heterocycles. The minimum Gasteiger partial charge on any atom is -0.446 e. The van der Waals surface area contributed by atoms with E-state index in [4.69, 9.17) is 4.74 Å². The van der Waals surface area contributed by atoms with E-state index in [1.807, 2.05) is 5.38 Å². The second kappa shape index (κ2) is 6.89. The van der Waals surface area contributed by atoms with E-state index in [2.05, 4.69) is 10.6 Å². The summed E-state index contributed by atoms with van der Waals surface area (Å²) >= 11 is 1.38. The van der Waals surface area contributed by atoms with Gasteiger partial charge in [0.05, 0.1) is 10.6 Å². The molecule has 2 heterocycles. The van der Waals surface area contributed by atoms with Crippen LogP contribution in [-0.2, 0) is 4.74 Å². The van der Waals surface area contributed by atoms with Gasteiger partial charge in [0.2, 0.25) is 0 Å². The van der Waals surface area contributed by atoms with Gasteiger partial charge >= 0.3 is 6.09 Å². The third kappa shape index (κ3) is 3.45. The van der Waals surface area contributed by atoms with Crippen molar-refractivity contribution >= 4 is 23.1 Å². The van der Waals surface area contributed by atoms with E-state index in [1.165, 1.54) is 17.4 Å². The van der Waals surface area contributed by atoms with E-state index in [-0.39, 0.29) is 11.9 Å². The number of thiophene rings is 1. The fraction of sp³-hybridized carbons (Fsp3) is 0.312. The molecule has 1 aliphatic heterocycles. The molecule has 4 nitrogen and oxygen atoms in total. The van der Waals surface area contributed by atoms with Gasteiger partial charge in [-0.1, -0.05) is 18.2 Å². The lowest BCUT2D eigenvalue weighted by Gasteiger charge is -2.22. The van der Waals surface area contributed by atoms with Crippen LogP contribution in [0, 0.1) is 5.82 Å². The van der Waals surface area contributed by atoms with Crippen molar-refractivity contribution in [2.45, 2.75) is 18.9 Å². The standard InChI is InChI=1S/C16H17FN2O2S/c17-13-4-2-1-3-12(13)15-14(7-10-22-15)19-16(20)21-11-5-8-18-9-6-11/h1-4,7,10-11,18H,5-6,8-9H2,(H,19,20). The average molecular weight is 320 g/mol. The molecule has 2 N–H and O–H groups in total. The van der Waals surface area contributed by atoms with Crippen molar-refractivity contribution < 1.29 is 13.9 Å². The smallest absolute Gasteiger partial charge is 0.411 e. The highest BCUT2D eigenvalue weighted by Crippen LogP contribution is 2.35. The van der Waals surface area contributed by atoms with Gasteiger partial charge in [-0.15, -0.1) is 11.3 Å². The van der Waals surface area contributed by atoms with Crippen molar-refractivity contribution in [2.75, 3.05) is 18.4 Å². The van der Waals surface area contributed by atoms with Crippen LogP contribution in [0.25, 0.3) is 10.4 Å². The third-order valence-electron chi connectivity index (χ3n) is 3.58. The minimum atomic E-state index is -0.483. The maximum Gasteiger partial charge on any atom is 0.411 e. The van der Waals surface area contributed by atoms with Crippen molar-refractivity contribution in [3.8, 4) is 10.4 Å². The zero-order valence-electron chi connectivity index (χ0n) is 12.0. The van der Waals surface area contributed by atoms with Crippen molar-refractivity contribution in [1.82, 2.24) is 5.32 Å². The first kappa shape index (κ1) is 15.0. The van der Waals surface area contributed by atoms with Crippen LogP contribution in [0.3, 0.4) is 0 Å². The third-order valence-corrected chi connectivity index (χ3v) is 4.53. The summed E-state index contributed by atoms with van der Waals surface area (Å²) in [7, 11) is 0. The predicted octanol–water partition coefficient (Wildman–Crippen LogP) is 3.85. The van der Waals surface area contributed by atoms with Gasteiger partial charge in [0, 0.05) is 5.56 Å². The number of piperidine rings is 1. The van der Waals surface area contributed by atoms with Crippen LogP contribution in [0.1, 0.15) is 12.8 Å². The van der Waals surface area contributed by atoms with E-state index in [1.54, 1.807) is 24.3 Å². The molecular weight excluding hydrogens is 303 g/mol. The summed E-state index contributed by atoms with van der Waals surface area (Å²) in [6.07, 6.45) is 1.09. The number of amides is 1. The first-order valence-corrected chi connectivity index (χ1v) is 8.13. The van der Waals surface area contributed by atoms with Crippen molar-refractivity contribution in [3.63, 3.8) is 0 Å². The highest BCUT2D eigenvalue weighted by molar-refractivity contribution is 7.14. The van der Waals surface area contributed by atoms with E-state index < -0.39 is 6.09 Å². The molecule has 1 fully saturated rings. The van der Waals surface area contributed by atoms with Crippen LogP contribution in [0.5, 0.6) is 0 Å². The molecule has 0 aliphatic carbocycles. The highest BCUT2D eigenvalue weighted by Gasteiger charge is 2.19. The van der Waals surface area contributed by atoms with E-state index in [0.29, 0.717) is 16.1 Å². The van der Waals surface area contributed by atoms with Gasteiger partial charge in [-0.05, 0) is 43.4 Å². The summed E-state index contributed by atoms with van der Waals surface area (Å²) in [6.45, 7) is 1.72. The second-order valence-electron chi connectivity index (χ2n) is 5.12. The van der Waals surface area contributed by atoms with Gasteiger partial charge < -0.3 is 10.1 Å². The Labute approximate surface area is 132 Å². The number of rotatable bonds is 3. The number of ether oxygens (including phenoxy) is 1. The van der Waals surface area contributed by atoms with Crippen LogP contribution in [0.15, 0.2) is 35.7 Å². The number of benzene rings is 1. The van der Waals surface area contributed by atoms with Crippen LogP contribution < -0.4 is 10.6 Å². The highest BCUT2D eigenvalue weighted by atomic mass is 32.1. The molecule has 2 aromatic rings. The average Bonchev–Trinajstić information content (AvgIpc) is 2.96. The van der Waals surface area contributed by atoms with Crippen molar-refractivity contribution in [2.24, 2.45) is 0 Å². The molecule has 3 rings (SSSR count). The fourth-order valence-corrected chi connectivity index (χ4v) is 3.34. The normalized spacial score (nSPS) is 15.5. The molecule has 116 valence electrons. The van der Waals surface area contributed by atoms with Crippen molar-refractivity contribution in [3.05, 3.63) is 41.5 Å². The number of hydrogen-bond donors (Lipinski definition) is 2. The Morgan fingerprint density at radius 2 is 2.05 bits per heavy atom. The summed E-state index contributed by atoms with van der Waals surface area (Å²) in [5.41, 5.74) is 1.06. The van der Waals surface area contributed by atoms with Crippen LogP contribution >= 0.6 is 11.3 Å². The molecule has 6 heteroatoms. The fourth-order valence-electron chi connectivity index (χ4n) is 2.47. The van der Waals surface area contributed by atoms with Gasteiger partial charge in [-0.3, -0.25) is 5.32 Å². The molecule has 0 atom stereocenters. The molecule has 1 amide bonds. The lowest BCUT2D eigenvalue weighted by molar-refractivity contribution is 0.0909. The SMILES string of the molecule is O=C(Nc1ccsc1-c1ccccc1F)OC1CCNCC1.